The Hall–Kier alpha value is -0.370. The van der Waals surface area contributed by atoms with E-state index < -0.39 is 0 Å². The van der Waals surface area contributed by atoms with Gasteiger partial charge in [-0.25, -0.2) is 0 Å². The Morgan fingerprint density at radius 2 is 1.91 bits per heavy atom. The number of carbonyl (C=O) groups is 1. The van der Waals surface area contributed by atoms with E-state index in [1.165, 1.54) is 0 Å². The van der Waals surface area contributed by atoms with Crippen molar-refractivity contribution >= 4 is 6.29 Å². The minimum atomic E-state index is -0.377. The van der Waals surface area contributed by atoms with Gasteiger partial charge in [-0.3, -0.25) is 0 Å². The summed E-state index contributed by atoms with van der Waals surface area (Å²) in [7, 11) is 0. The van der Waals surface area contributed by atoms with Crippen LogP contribution >= 0.6 is 0 Å². The fourth-order valence-corrected chi connectivity index (χ4v) is 2.04. The van der Waals surface area contributed by atoms with Gasteiger partial charge in [0.05, 0.1) is 6.61 Å². The molecule has 3 aliphatic rings. The molecule has 0 radical (unpaired) electrons. The zero-order valence-corrected chi connectivity index (χ0v) is 6.93. The van der Waals surface area contributed by atoms with E-state index in [0.717, 1.165) is 38.6 Å². The lowest BCUT2D eigenvalue weighted by molar-refractivity contribution is -0.177. The van der Waals surface area contributed by atoms with Crippen LogP contribution in [0.25, 0.3) is 0 Å². The fourth-order valence-electron chi connectivity index (χ4n) is 2.04. The van der Waals surface area contributed by atoms with Gasteiger partial charge in [0.1, 0.15) is 5.60 Å². The normalized spacial score (nSPS) is 49.2. The van der Waals surface area contributed by atoms with E-state index in [9.17, 15) is 4.79 Å². The highest BCUT2D eigenvalue weighted by atomic mass is 16.5. The summed E-state index contributed by atoms with van der Waals surface area (Å²) >= 11 is 0. The number of rotatable bonds is 1. The summed E-state index contributed by atoms with van der Waals surface area (Å²) in [5, 5.41) is 0. The number of hydrogen-bond acceptors (Lipinski definition) is 2. The van der Waals surface area contributed by atoms with Crippen molar-refractivity contribution in [1.82, 2.24) is 0 Å². The number of ether oxygens (including phenoxy) is 1. The molecule has 1 saturated carbocycles. The van der Waals surface area contributed by atoms with Crippen LogP contribution in [0.5, 0.6) is 0 Å². The molecule has 0 unspecified atom stereocenters. The van der Waals surface area contributed by atoms with Crippen LogP contribution in [0.4, 0.5) is 0 Å². The minimum Gasteiger partial charge on any atom is -0.367 e. The maximum Gasteiger partial charge on any atom is 0.151 e. The van der Waals surface area contributed by atoms with Gasteiger partial charge in [0.25, 0.3) is 0 Å². The molecule has 2 aliphatic heterocycles. The summed E-state index contributed by atoms with van der Waals surface area (Å²) in [6.45, 7) is 3.03. The second kappa shape index (κ2) is 2.07. The first-order valence-electron chi connectivity index (χ1n) is 4.28. The molecule has 3 fully saturated rings. The van der Waals surface area contributed by atoms with Crippen LogP contribution in [0, 0.1) is 5.41 Å². The molecule has 3 rings (SSSR count). The van der Waals surface area contributed by atoms with E-state index in [0.29, 0.717) is 5.41 Å². The zero-order chi connectivity index (χ0) is 7.95. The predicted octanol–water partition coefficient (Wildman–Crippen LogP) is 1.53. The summed E-state index contributed by atoms with van der Waals surface area (Å²) in [6, 6.07) is 0. The molecule has 2 bridgehead atoms. The van der Waals surface area contributed by atoms with Crippen molar-refractivity contribution in [3.8, 4) is 0 Å². The van der Waals surface area contributed by atoms with E-state index in [1.54, 1.807) is 0 Å². The average molecular weight is 154 g/mol. The molecule has 2 nitrogen and oxygen atoms in total. The van der Waals surface area contributed by atoms with Crippen LogP contribution < -0.4 is 0 Å². The average Bonchev–Trinajstić information content (AvgIpc) is 2.07. The van der Waals surface area contributed by atoms with Crippen molar-refractivity contribution in [3.05, 3.63) is 0 Å². The van der Waals surface area contributed by atoms with Gasteiger partial charge in [-0.05, 0) is 31.1 Å². The third-order valence-electron chi connectivity index (χ3n) is 3.23. The summed E-state index contributed by atoms with van der Waals surface area (Å²) in [6.07, 6.45) is 5.20. The molecular formula is C9H14O2. The maximum atomic E-state index is 10.7. The molecular weight excluding hydrogens is 140 g/mol. The first-order chi connectivity index (χ1) is 5.18. The van der Waals surface area contributed by atoms with Gasteiger partial charge < -0.3 is 9.53 Å². The van der Waals surface area contributed by atoms with Crippen molar-refractivity contribution < 1.29 is 9.53 Å². The van der Waals surface area contributed by atoms with Crippen LogP contribution in [0.3, 0.4) is 0 Å². The van der Waals surface area contributed by atoms with Crippen LogP contribution in [-0.2, 0) is 9.53 Å². The van der Waals surface area contributed by atoms with Gasteiger partial charge in [-0.1, -0.05) is 6.92 Å². The number of hydrogen-bond donors (Lipinski definition) is 0. The summed E-state index contributed by atoms with van der Waals surface area (Å²) in [5.74, 6) is 0. The van der Waals surface area contributed by atoms with Crippen molar-refractivity contribution in [2.45, 2.75) is 38.2 Å². The zero-order valence-electron chi connectivity index (χ0n) is 6.93. The fraction of sp³-hybridized carbons (Fsp3) is 0.889. The molecule has 0 spiro atoms. The first kappa shape index (κ1) is 7.29. The molecule has 1 aliphatic carbocycles. The lowest BCUT2D eigenvalue weighted by Crippen LogP contribution is -2.50. The second-order valence-electron chi connectivity index (χ2n) is 4.28. The Kier molecular flexibility index (Phi) is 1.37. The maximum absolute atomic E-state index is 10.7. The Bertz CT molecular complexity index is 161. The monoisotopic (exact) mass is 154 g/mol. The third kappa shape index (κ3) is 1.00. The van der Waals surface area contributed by atoms with E-state index >= 15 is 0 Å². The lowest BCUT2D eigenvalue weighted by atomic mass is 9.68. The van der Waals surface area contributed by atoms with E-state index in [2.05, 4.69) is 6.92 Å². The quantitative estimate of drug-likeness (QED) is 0.535. The topological polar surface area (TPSA) is 26.3 Å². The predicted molar refractivity (Wildman–Crippen MR) is 41.3 cm³/mol. The van der Waals surface area contributed by atoms with Gasteiger partial charge in [-0.2, -0.15) is 0 Å². The Morgan fingerprint density at radius 1 is 1.27 bits per heavy atom. The molecule has 2 saturated heterocycles. The molecule has 0 aromatic carbocycles. The van der Waals surface area contributed by atoms with Crippen molar-refractivity contribution in [2.75, 3.05) is 6.61 Å². The van der Waals surface area contributed by atoms with E-state index in [-0.39, 0.29) is 5.60 Å². The van der Waals surface area contributed by atoms with Crippen LogP contribution in [0.2, 0.25) is 0 Å². The van der Waals surface area contributed by atoms with Gasteiger partial charge in [0.2, 0.25) is 0 Å². The number of carbonyl (C=O) groups excluding carboxylic acids is 1. The summed E-state index contributed by atoms with van der Waals surface area (Å²) < 4.78 is 5.55. The molecule has 62 valence electrons. The highest BCUT2D eigenvalue weighted by molar-refractivity contribution is 5.63. The number of aldehydes is 1. The largest absolute Gasteiger partial charge is 0.367 e. The molecule has 0 atom stereocenters. The molecule has 2 heterocycles. The Labute approximate surface area is 66.9 Å². The Balaban J connectivity index is 2.18. The van der Waals surface area contributed by atoms with E-state index in [1.807, 2.05) is 0 Å². The van der Waals surface area contributed by atoms with Crippen molar-refractivity contribution in [2.24, 2.45) is 5.41 Å². The first-order valence-corrected chi connectivity index (χ1v) is 4.28. The standard InChI is InChI=1S/C9H14O2/c1-8-2-4-9(6-10,5-3-8)11-7-8/h6H,2-5,7H2,1H3. The van der Waals surface area contributed by atoms with Gasteiger partial charge >= 0.3 is 0 Å². The van der Waals surface area contributed by atoms with E-state index in [4.69, 9.17) is 4.74 Å². The third-order valence-corrected chi connectivity index (χ3v) is 3.23. The highest BCUT2D eigenvalue weighted by Crippen LogP contribution is 2.47. The summed E-state index contributed by atoms with van der Waals surface area (Å²) in [5.41, 5.74) is 0.00250. The van der Waals surface area contributed by atoms with Crippen LogP contribution in [0.15, 0.2) is 0 Å². The highest BCUT2D eigenvalue weighted by Gasteiger charge is 2.47. The smallest absolute Gasteiger partial charge is 0.151 e. The summed E-state index contributed by atoms with van der Waals surface area (Å²) in [4.78, 5) is 10.7. The molecule has 11 heavy (non-hydrogen) atoms. The Morgan fingerprint density at radius 3 is 2.27 bits per heavy atom. The van der Waals surface area contributed by atoms with Crippen LogP contribution in [0.1, 0.15) is 32.6 Å². The van der Waals surface area contributed by atoms with Gasteiger partial charge in [0.15, 0.2) is 6.29 Å². The van der Waals surface area contributed by atoms with Crippen molar-refractivity contribution in [3.63, 3.8) is 0 Å². The van der Waals surface area contributed by atoms with Crippen molar-refractivity contribution in [1.29, 1.82) is 0 Å². The van der Waals surface area contributed by atoms with Crippen LogP contribution in [-0.4, -0.2) is 18.5 Å². The molecule has 2 heteroatoms. The second-order valence-corrected chi connectivity index (χ2v) is 4.28. The van der Waals surface area contributed by atoms with Gasteiger partial charge in [0, 0.05) is 0 Å². The van der Waals surface area contributed by atoms with Gasteiger partial charge in [-0.15, -0.1) is 0 Å². The SMILES string of the molecule is CC12CCC(C=O)(CC1)OC2. The lowest BCUT2D eigenvalue weighted by Gasteiger charge is -2.49. The number of fused-ring (bicyclic) bond motifs is 3. The molecule has 0 aromatic heterocycles. The molecule has 0 N–H and O–H groups in total. The minimum absolute atomic E-state index is 0.377. The molecule has 0 amide bonds. The molecule has 0 aromatic rings.